The fourth-order valence-electron chi connectivity index (χ4n) is 2.28. The van der Waals surface area contributed by atoms with Gasteiger partial charge in [0, 0.05) is 10.5 Å². The van der Waals surface area contributed by atoms with Gasteiger partial charge in [-0.25, -0.2) is 9.37 Å². The summed E-state index contributed by atoms with van der Waals surface area (Å²) in [5, 5.41) is 0. The van der Waals surface area contributed by atoms with Gasteiger partial charge >= 0.3 is 0 Å². The van der Waals surface area contributed by atoms with Crippen LogP contribution in [-0.2, 0) is 5.88 Å². The molecule has 0 amide bonds. The standard InChI is InChI=1S/C15H10BrClFIN2/c1-8-2-3-9(16)13(4-8)21-14-5-10(18)11(19)6-12(14)20-15(21)7-17/h2-6H,7H2,1H3. The Morgan fingerprint density at radius 3 is 2.81 bits per heavy atom. The quantitative estimate of drug-likeness (QED) is 0.347. The van der Waals surface area contributed by atoms with Crippen molar-refractivity contribution < 1.29 is 4.39 Å². The second-order valence-electron chi connectivity index (χ2n) is 4.71. The highest BCUT2D eigenvalue weighted by atomic mass is 127. The smallest absolute Gasteiger partial charge is 0.138 e. The second kappa shape index (κ2) is 5.85. The first-order chi connectivity index (χ1) is 10.0. The first kappa shape index (κ1) is 15.2. The van der Waals surface area contributed by atoms with E-state index in [9.17, 15) is 4.39 Å². The van der Waals surface area contributed by atoms with E-state index in [0.29, 0.717) is 9.39 Å². The van der Waals surface area contributed by atoms with Crippen LogP contribution in [0, 0.1) is 16.3 Å². The number of fused-ring (bicyclic) bond motifs is 1. The molecule has 0 aliphatic rings. The molecule has 0 spiro atoms. The number of imidazole rings is 1. The van der Waals surface area contributed by atoms with Crippen molar-refractivity contribution in [2.75, 3.05) is 0 Å². The molecule has 3 rings (SSSR count). The molecule has 0 saturated carbocycles. The van der Waals surface area contributed by atoms with Crippen LogP contribution in [0.1, 0.15) is 11.4 Å². The van der Waals surface area contributed by atoms with Gasteiger partial charge in [0.2, 0.25) is 0 Å². The van der Waals surface area contributed by atoms with E-state index in [1.54, 1.807) is 6.07 Å². The molecular formula is C15H10BrClFIN2. The monoisotopic (exact) mass is 478 g/mol. The van der Waals surface area contributed by atoms with E-state index in [0.717, 1.165) is 26.8 Å². The topological polar surface area (TPSA) is 17.8 Å². The molecule has 2 aromatic carbocycles. The van der Waals surface area contributed by atoms with Crippen LogP contribution in [0.4, 0.5) is 4.39 Å². The molecule has 0 aliphatic carbocycles. The summed E-state index contributed by atoms with van der Waals surface area (Å²) in [6, 6.07) is 9.25. The van der Waals surface area contributed by atoms with Crippen molar-refractivity contribution in [1.82, 2.24) is 9.55 Å². The van der Waals surface area contributed by atoms with Crippen molar-refractivity contribution in [2.24, 2.45) is 0 Å². The van der Waals surface area contributed by atoms with Crippen LogP contribution in [0.15, 0.2) is 34.8 Å². The van der Waals surface area contributed by atoms with Gasteiger partial charge in [-0.05, 0) is 69.2 Å². The van der Waals surface area contributed by atoms with Crippen LogP contribution in [-0.4, -0.2) is 9.55 Å². The summed E-state index contributed by atoms with van der Waals surface area (Å²) in [6.07, 6.45) is 0. The van der Waals surface area contributed by atoms with Gasteiger partial charge in [0.05, 0.1) is 26.2 Å². The molecule has 2 nitrogen and oxygen atoms in total. The third-order valence-corrected chi connectivity index (χ3v) is 4.96. The first-order valence-corrected chi connectivity index (χ1v) is 8.60. The molecule has 0 radical (unpaired) electrons. The lowest BCUT2D eigenvalue weighted by molar-refractivity contribution is 0.622. The van der Waals surface area contributed by atoms with Gasteiger partial charge in [-0.1, -0.05) is 6.07 Å². The maximum Gasteiger partial charge on any atom is 0.138 e. The fourth-order valence-corrected chi connectivity index (χ4v) is 3.33. The van der Waals surface area contributed by atoms with Crippen molar-refractivity contribution in [1.29, 1.82) is 0 Å². The Kier molecular flexibility index (Phi) is 4.25. The third kappa shape index (κ3) is 2.71. The normalized spacial score (nSPS) is 11.3. The lowest BCUT2D eigenvalue weighted by Crippen LogP contribution is -2.01. The van der Waals surface area contributed by atoms with E-state index >= 15 is 0 Å². The largest absolute Gasteiger partial charge is 0.294 e. The molecule has 0 unspecified atom stereocenters. The second-order valence-corrected chi connectivity index (χ2v) is 6.99. The van der Waals surface area contributed by atoms with Crippen molar-refractivity contribution in [2.45, 2.75) is 12.8 Å². The van der Waals surface area contributed by atoms with Gasteiger partial charge < -0.3 is 0 Å². The van der Waals surface area contributed by atoms with Gasteiger partial charge in [0.15, 0.2) is 0 Å². The molecule has 0 fully saturated rings. The Balaban J connectivity index is 2.40. The van der Waals surface area contributed by atoms with Crippen molar-refractivity contribution >= 4 is 61.2 Å². The van der Waals surface area contributed by atoms with Crippen LogP contribution in [0.25, 0.3) is 16.7 Å². The van der Waals surface area contributed by atoms with Gasteiger partial charge in [0.25, 0.3) is 0 Å². The van der Waals surface area contributed by atoms with Crippen molar-refractivity contribution in [3.05, 3.63) is 55.6 Å². The van der Waals surface area contributed by atoms with Crippen molar-refractivity contribution in [3.63, 3.8) is 0 Å². The average molecular weight is 480 g/mol. The molecule has 21 heavy (non-hydrogen) atoms. The molecule has 0 atom stereocenters. The minimum atomic E-state index is -0.255. The molecular weight excluding hydrogens is 469 g/mol. The van der Waals surface area contributed by atoms with E-state index in [2.05, 4.69) is 20.9 Å². The summed E-state index contributed by atoms with van der Waals surface area (Å²) < 4.78 is 17.3. The molecule has 1 aromatic heterocycles. The number of hydrogen-bond acceptors (Lipinski definition) is 1. The molecule has 0 bridgehead atoms. The minimum absolute atomic E-state index is 0.255. The summed E-state index contributed by atoms with van der Waals surface area (Å²) in [5.41, 5.74) is 3.48. The molecule has 0 N–H and O–H groups in total. The molecule has 1 heterocycles. The summed E-state index contributed by atoms with van der Waals surface area (Å²) >= 11 is 11.5. The van der Waals surface area contributed by atoms with Gasteiger partial charge in [-0.2, -0.15) is 0 Å². The maximum absolute atomic E-state index is 13.9. The van der Waals surface area contributed by atoms with Crippen LogP contribution in [0.2, 0.25) is 0 Å². The zero-order chi connectivity index (χ0) is 15.1. The number of nitrogens with zero attached hydrogens (tertiary/aromatic N) is 2. The first-order valence-electron chi connectivity index (χ1n) is 6.20. The average Bonchev–Trinajstić information content (AvgIpc) is 2.79. The van der Waals surface area contributed by atoms with E-state index in [-0.39, 0.29) is 11.7 Å². The Morgan fingerprint density at radius 1 is 1.33 bits per heavy atom. The Morgan fingerprint density at radius 2 is 2.10 bits per heavy atom. The van der Waals surface area contributed by atoms with Crippen LogP contribution in [0.3, 0.4) is 0 Å². The zero-order valence-corrected chi connectivity index (χ0v) is 15.5. The number of aryl methyl sites for hydroxylation is 1. The fraction of sp³-hybridized carbons (Fsp3) is 0.133. The number of aromatic nitrogens is 2. The van der Waals surface area contributed by atoms with Crippen molar-refractivity contribution in [3.8, 4) is 5.69 Å². The lowest BCUT2D eigenvalue weighted by Gasteiger charge is -2.11. The van der Waals surface area contributed by atoms with Gasteiger partial charge in [0.1, 0.15) is 11.6 Å². The SMILES string of the molecule is Cc1ccc(Br)c(-n2c(CCl)nc3cc(I)c(F)cc32)c1. The number of rotatable bonds is 2. The maximum atomic E-state index is 13.9. The Hall–Kier alpha value is -0.660. The predicted molar refractivity (Wildman–Crippen MR) is 95.7 cm³/mol. The summed E-state index contributed by atoms with van der Waals surface area (Å²) in [5.74, 6) is 0.696. The molecule has 0 saturated heterocycles. The van der Waals surface area contributed by atoms with E-state index < -0.39 is 0 Å². The predicted octanol–water partition coefficient (Wildman–Crippen LogP) is 5.58. The van der Waals surface area contributed by atoms with Crippen LogP contribution >= 0.6 is 50.1 Å². The van der Waals surface area contributed by atoms with Crippen LogP contribution in [0.5, 0.6) is 0 Å². The molecule has 0 aliphatic heterocycles. The highest BCUT2D eigenvalue weighted by Crippen LogP contribution is 2.30. The van der Waals surface area contributed by atoms with Crippen LogP contribution < -0.4 is 0 Å². The number of halogens is 4. The van der Waals surface area contributed by atoms with Gasteiger partial charge in [-0.3, -0.25) is 4.57 Å². The Labute approximate surface area is 148 Å². The lowest BCUT2D eigenvalue weighted by atomic mass is 10.2. The number of hydrogen-bond donors (Lipinski definition) is 0. The Bertz CT molecular complexity index is 847. The number of alkyl halides is 1. The highest BCUT2D eigenvalue weighted by Gasteiger charge is 2.16. The molecule has 3 aromatic rings. The third-order valence-electron chi connectivity index (χ3n) is 3.23. The summed E-state index contributed by atoms with van der Waals surface area (Å²) in [6.45, 7) is 2.01. The zero-order valence-electron chi connectivity index (χ0n) is 11.0. The number of benzene rings is 2. The summed E-state index contributed by atoms with van der Waals surface area (Å²) in [7, 11) is 0. The van der Waals surface area contributed by atoms with E-state index in [1.807, 2.05) is 52.3 Å². The summed E-state index contributed by atoms with van der Waals surface area (Å²) in [4.78, 5) is 4.52. The van der Waals surface area contributed by atoms with E-state index in [1.165, 1.54) is 6.07 Å². The minimum Gasteiger partial charge on any atom is -0.294 e. The molecule has 108 valence electrons. The van der Waals surface area contributed by atoms with Gasteiger partial charge in [-0.15, -0.1) is 11.6 Å². The highest BCUT2D eigenvalue weighted by molar-refractivity contribution is 14.1. The van der Waals surface area contributed by atoms with E-state index in [4.69, 9.17) is 11.6 Å². The molecule has 6 heteroatoms.